The van der Waals surface area contributed by atoms with Crippen molar-refractivity contribution in [2.24, 2.45) is 0 Å². The van der Waals surface area contributed by atoms with Crippen molar-refractivity contribution in [2.45, 2.75) is 11.9 Å². The first-order valence-electron chi connectivity index (χ1n) is 5.31. The van der Waals surface area contributed by atoms with Gasteiger partial charge in [-0.05, 0) is 5.56 Å². The molecule has 0 spiro atoms. The van der Waals surface area contributed by atoms with Gasteiger partial charge in [0.15, 0.2) is 0 Å². The third-order valence-corrected chi connectivity index (χ3v) is 3.13. The van der Waals surface area contributed by atoms with Crippen molar-refractivity contribution in [1.29, 1.82) is 0 Å². The summed E-state index contributed by atoms with van der Waals surface area (Å²) in [5, 5.41) is 9.57. The van der Waals surface area contributed by atoms with E-state index in [9.17, 15) is 5.11 Å². The summed E-state index contributed by atoms with van der Waals surface area (Å²) in [4.78, 5) is 0. The van der Waals surface area contributed by atoms with E-state index in [-0.39, 0.29) is 0 Å². The van der Waals surface area contributed by atoms with Crippen LogP contribution in [0.25, 0.3) is 0 Å². The molecule has 1 aromatic carbocycles. The van der Waals surface area contributed by atoms with E-state index in [0.29, 0.717) is 19.0 Å². The Morgan fingerprint density at radius 1 is 1.38 bits per heavy atom. The number of thioether (sulfide) groups is 1. The molecule has 1 atom stereocenters. The first kappa shape index (κ1) is 13.3. The van der Waals surface area contributed by atoms with Crippen LogP contribution in [-0.4, -0.2) is 30.2 Å². The van der Waals surface area contributed by atoms with E-state index >= 15 is 0 Å². The molecular weight excluding hydrogens is 220 g/mol. The van der Waals surface area contributed by atoms with Crippen LogP contribution < -0.4 is 0 Å². The van der Waals surface area contributed by atoms with E-state index in [1.807, 2.05) is 18.2 Å². The highest BCUT2D eigenvalue weighted by Crippen LogP contribution is 2.12. The molecule has 0 aromatic heterocycles. The van der Waals surface area contributed by atoms with Crippen LogP contribution in [0.3, 0.4) is 0 Å². The topological polar surface area (TPSA) is 29.5 Å². The molecule has 0 amide bonds. The van der Waals surface area contributed by atoms with Gasteiger partial charge in [0.1, 0.15) is 0 Å². The highest BCUT2D eigenvalue weighted by atomic mass is 32.2. The summed E-state index contributed by atoms with van der Waals surface area (Å²) < 4.78 is 5.17. The molecule has 1 N–H and O–H groups in total. The Bertz CT molecular complexity index is 287. The van der Waals surface area contributed by atoms with E-state index in [0.717, 1.165) is 5.75 Å². The predicted molar refractivity (Wildman–Crippen MR) is 69.6 cm³/mol. The summed E-state index contributed by atoms with van der Waals surface area (Å²) >= 11 is 1.72. The zero-order valence-electron chi connectivity index (χ0n) is 9.34. The van der Waals surface area contributed by atoms with Crippen molar-refractivity contribution in [3.05, 3.63) is 48.6 Å². The van der Waals surface area contributed by atoms with Crippen LogP contribution in [0.1, 0.15) is 5.56 Å². The van der Waals surface area contributed by atoms with Crippen molar-refractivity contribution in [2.75, 3.05) is 19.0 Å². The summed E-state index contributed by atoms with van der Waals surface area (Å²) in [6.45, 7) is 4.43. The Kier molecular flexibility index (Phi) is 6.97. The molecule has 0 bridgehead atoms. The van der Waals surface area contributed by atoms with Gasteiger partial charge in [-0.15, -0.1) is 6.58 Å². The maximum Gasteiger partial charge on any atom is 0.0864 e. The first-order valence-corrected chi connectivity index (χ1v) is 6.46. The van der Waals surface area contributed by atoms with Gasteiger partial charge in [0.05, 0.1) is 19.3 Å². The summed E-state index contributed by atoms with van der Waals surface area (Å²) in [5.41, 5.74) is 1.28. The number of hydrogen-bond acceptors (Lipinski definition) is 3. The Morgan fingerprint density at radius 3 is 2.81 bits per heavy atom. The molecule has 2 nitrogen and oxygen atoms in total. The molecule has 0 heterocycles. The Labute approximate surface area is 101 Å². The second-order valence-corrected chi connectivity index (χ2v) is 4.51. The molecule has 1 aromatic rings. The van der Waals surface area contributed by atoms with Crippen LogP contribution in [0.5, 0.6) is 0 Å². The highest BCUT2D eigenvalue weighted by Gasteiger charge is 2.03. The molecule has 1 unspecified atom stereocenters. The van der Waals surface area contributed by atoms with Crippen LogP contribution in [-0.2, 0) is 10.5 Å². The zero-order valence-corrected chi connectivity index (χ0v) is 10.2. The van der Waals surface area contributed by atoms with Gasteiger partial charge in [0.25, 0.3) is 0 Å². The quantitative estimate of drug-likeness (QED) is 0.557. The average molecular weight is 238 g/mol. The molecular formula is C13H18O2S. The van der Waals surface area contributed by atoms with Gasteiger partial charge >= 0.3 is 0 Å². The third-order valence-electron chi connectivity index (χ3n) is 1.97. The fourth-order valence-electron chi connectivity index (χ4n) is 1.22. The van der Waals surface area contributed by atoms with E-state index < -0.39 is 6.10 Å². The molecule has 88 valence electrons. The van der Waals surface area contributed by atoms with Crippen molar-refractivity contribution < 1.29 is 9.84 Å². The lowest BCUT2D eigenvalue weighted by atomic mass is 10.2. The molecule has 0 aliphatic rings. The highest BCUT2D eigenvalue weighted by molar-refractivity contribution is 7.98. The van der Waals surface area contributed by atoms with Crippen LogP contribution in [0.15, 0.2) is 43.0 Å². The van der Waals surface area contributed by atoms with E-state index in [2.05, 4.69) is 18.7 Å². The summed E-state index contributed by atoms with van der Waals surface area (Å²) in [7, 11) is 0. The van der Waals surface area contributed by atoms with Crippen LogP contribution in [0, 0.1) is 0 Å². The fraction of sp³-hybridized carbons (Fsp3) is 0.385. The molecule has 3 heteroatoms. The molecule has 0 aliphatic heterocycles. The lowest BCUT2D eigenvalue weighted by Gasteiger charge is -2.09. The van der Waals surface area contributed by atoms with E-state index in [4.69, 9.17) is 4.74 Å². The van der Waals surface area contributed by atoms with Gasteiger partial charge in [-0.3, -0.25) is 0 Å². The number of hydrogen-bond donors (Lipinski definition) is 1. The molecule has 0 aliphatic carbocycles. The molecule has 0 saturated heterocycles. The summed E-state index contributed by atoms with van der Waals surface area (Å²) in [5.74, 6) is 1.63. The SMILES string of the molecule is C=CCOCC(O)CSCc1ccccc1. The molecule has 0 saturated carbocycles. The van der Waals surface area contributed by atoms with E-state index in [1.54, 1.807) is 17.8 Å². The molecule has 0 fully saturated rings. The monoisotopic (exact) mass is 238 g/mol. The van der Waals surface area contributed by atoms with Gasteiger partial charge in [-0.1, -0.05) is 36.4 Å². The molecule has 1 rings (SSSR count). The van der Waals surface area contributed by atoms with Crippen LogP contribution in [0.4, 0.5) is 0 Å². The molecule has 16 heavy (non-hydrogen) atoms. The minimum atomic E-state index is -0.395. The fourth-order valence-corrected chi connectivity index (χ4v) is 2.14. The summed E-state index contributed by atoms with van der Waals surface area (Å²) in [6.07, 6.45) is 1.29. The van der Waals surface area contributed by atoms with Crippen LogP contribution >= 0.6 is 11.8 Å². The van der Waals surface area contributed by atoms with Gasteiger partial charge < -0.3 is 9.84 Å². The third kappa shape index (κ3) is 5.95. The lowest BCUT2D eigenvalue weighted by Crippen LogP contribution is -2.18. The van der Waals surface area contributed by atoms with Gasteiger partial charge in [-0.2, -0.15) is 11.8 Å². The first-order chi connectivity index (χ1) is 7.83. The second-order valence-electron chi connectivity index (χ2n) is 3.48. The Hall–Kier alpha value is -0.770. The van der Waals surface area contributed by atoms with Crippen molar-refractivity contribution in [3.8, 4) is 0 Å². The second kappa shape index (κ2) is 8.39. The normalized spacial score (nSPS) is 12.3. The van der Waals surface area contributed by atoms with E-state index in [1.165, 1.54) is 5.56 Å². The van der Waals surface area contributed by atoms with Crippen molar-refractivity contribution in [1.82, 2.24) is 0 Å². The minimum Gasteiger partial charge on any atom is -0.390 e. The maximum absolute atomic E-state index is 9.57. The van der Waals surface area contributed by atoms with Crippen molar-refractivity contribution >= 4 is 11.8 Å². The van der Waals surface area contributed by atoms with Gasteiger partial charge in [0, 0.05) is 11.5 Å². The largest absolute Gasteiger partial charge is 0.390 e. The lowest BCUT2D eigenvalue weighted by molar-refractivity contribution is 0.0625. The smallest absolute Gasteiger partial charge is 0.0864 e. The Balaban J connectivity index is 2.08. The predicted octanol–water partition coefficient (Wildman–Crippen LogP) is 2.48. The standard InChI is InChI=1S/C13H18O2S/c1-2-8-15-9-13(14)11-16-10-12-6-4-3-5-7-12/h2-7,13-14H,1,8-11H2. The zero-order chi connectivity index (χ0) is 11.6. The number of ether oxygens (including phenoxy) is 1. The average Bonchev–Trinajstić information content (AvgIpc) is 2.31. The van der Waals surface area contributed by atoms with Gasteiger partial charge in [-0.25, -0.2) is 0 Å². The van der Waals surface area contributed by atoms with Crippen molar-refractivity contribution in [3.63, 3.8) is 0 Å². The number of aliphatic hydroxyl groups is 1. The Morgan fingerprint density at radius 2 is 2.12 bits per heavy atom. The maximum atomic E-state index is 9.57. The number of rotatable bonds is 8. The number of benzene rings is 1. The molecule has 0 radical (unpaired) electrons. The number of aliphatic hydroxyl groups excluding tert-OH is 1. The van der Waals surface area contributed by atoms with Crippen LogP contribution in [0.2, 0.25) is 0 Å². The van der Waals surface area contributed by atoms with Gasteiger partial charge in [0.2, 0.25) is 0 Å². The summed E-state index contributed by atoms with van der Waals surface area (Å²) in [6, 6.07) is 10.2. The minimum absolute atomic E-state index is 0.383.